The van der Waals surface area contributed by atoms with Crippen LogP contribution in [0.1, 0.15) is 26.3 Å². The van der Waals surface area contributed by atoms with Crippen molar-refractivity contribution in [1.82, 2.24) is 10.6 Å². The van der Waals surface area contributed by atoms with Crippen LogP contribution in [0.5, 0.6) is 0 Å². The summed E-state index contributed by atoms with van der Waals surface area (Å²) in [6.45, 7) is 8.35. The highest BCUT2D eigenvalue weighted by atomic mass is 35.5. The Morgan fingerprint density at radius 2 is 2.05 bits per heavy atom. The highest BCUT2D eigenvalue weighted by Crippen LogP contribution is 2.20. The number of benzene rings is 1. The van der Waals surface area contributed by atoms with E-state index in [0.29, 0.717) is 13.2 Å². The lowest BCUT2D eigenvalue weighted by atomic mass is 9.85. The Balaban J connectivity index is 0.00000242. The fourth-order valence-corrected chi connectivity index (χ4v) is 2.67. The zero-order valence-corrected chi connectivity index (χ0v) is 14.4. The first-order valence-corrected chi connectivity index (χ1v) is 7.64. The normalized spacial score (nSPS) is 21.8. The second-order valence-electron chi connectivity index (χ2n) is 6.55. The summed E-state index contributed by atoms with van der Waals surface area (Å²) in [7, 11) is 0. The van der Waals surface area contributed by atoms with Gasteiger partial charge in [0.25, 0.3) is 0 Å². The monoisotopic (exact) mass is 326 g/mol. The third-order valence-corrected chi connectivity index (χ3v) is 3.87. The standard InChI is InChI=1S/C17H26N2O2.ClH/c1-13-15(18-9-10-21-13)16(20)19-12-17(2,3)11-14-7-5-4-6-8-14;/h4-8,13,15,18H,9-12H2,1-3H3,(H,19,20);1H/t13-,15+;/m1./s1. The van der Waals surface area contributed by atoms with E-state index in [4.69, 9.17) is 4.74 Å². The summed E-state index contributed by atoms with van der Waals surface area (Å²) in [5, 5.41) is 6.28. The van der Waals surface area contributed by atoms with Crippen LogP contribution in [0.15, 0.2) is 30.3 Å². The molecule has 0 aromatic heterocycles. The number of amides is 1. The lowest BCUT2D eigenvalue weighted by Gasteiger charge is -2.31. The molecule has 0 saturated carbocycles. The average Bonchev–Trinajstić information content (AvgIpc) is 2.46. The molecule has 1 heterocycles. The van der Waals surface area contributed by atoms with Gasteiger partial charge in [-0.1, -0.05) is 44.2 Å². The summed E-state index contributed by atoms with van der Waals surface area (Å²) in [4.78, 5) is 12.3. The molecule has 0 aliphatic carbocycles. The maximum Gasteiger partial charge on any atom is 0.239 e. The van der Waals surface area contributed by atoms with E-state index in [0.717, 1.165) is 13.0 Å². The van der Waals surface area contributed by atoms with Crippen LogP contribution in [-0.4, -0.2) is 37.7 Å². The minimum absolute atomic E-state index is 0. The van der Waals surface area contributed by atoms with Gasteiger partial charge in [0.1, 0.15) is 6.04 Å². The second-order valence-corrected chi connectivity index (χ2v) is 6.55. The Morgan fingerprint density at radius 1 is 1.36 bits per heavy atom. The number of carbonyl (C=O) groups excluding carboxylic acids is 1. The molecule has 1 amide bonds. The minimum atomic E-state index is -0.244. The van der Waals surface area contributed by atoms with E-state index in [2.05, 4.69) is 48.7 Å². The van der Waals surface area contributed by atoms with Gasteiger partial charge in [-0.3, -0.25) is 4.79 Å². The van der Waals surface area contributed by atoms with Crippen LogP contribution in [-0.2, 0) is 16.0 Å². The molecular formula is C17H27ClN2O2. The van der Waals surface area contributed by atoms with Crippen molar-refractivity contribution in [3.63, 3.8) is 0 Å². The molecule has 5 heteroatoms. The van der Waals surface area contributed by atoms with Gasteiger partial charge >= 0.3 is 0 Å². The summed E-state index contributed by atoms with van der Waals surface area (Å²) in [6.07, 6.45) is 0.870. The van der Waals surface area contributed by atoms with Gasteiger partial charge in [-0.15, -0.1) is 12.4 Å². The van der Waals surface area contributed by atoms with Crippen LogP contribution in [0.2, 0.25) is 0 Å². The summed E-state index contributed by atoms with van der Waals surface area (Å²) in [5.74, 6) is 0.0309. The molecule has 1 aromatic rings. The smallest absolute Gasteiger partial charge is 0.239 e. The number of ether oxygens (including phenoxy) is 1. The topological polar surface area (TPSA) is 50.4 Å². The van der Waals surface area contributed by atoms with Crippen molar-refractivity contribution in [2.45, 2.75) is 39.3 Å². The lowest BCUT2D eigenvalue weighted by molar-refractivity contribution is -0.129. The van der Waals surface area contributed by atoms with E-state index >= 15 is 0 Å². The SMILES string of the molecule is C[C@H]1OCCN[C@@H]1C(=O)NCC(C)(C)Cc1ccccc1.Cl. The molecule has 1 fully saturated rings. The van der Waals surface area contributed by atoms with E-state index in [9.17, 15) is 4.79 Å². The molecule has 0 spiro atoms. The number of hydrogen-bond acceptors (Lipinski definition) is 3. The molecule has 2 N–H and O–H groups in total. The van der Waals surface area contributed by atoms with Crippen molar-refractivity contribution in [3.8, 4) is 0 Å². The van der Waals surface area contributed by atoms with E-state index in [-0.39, 0.29) is 35.9 Å². The van der Waals surface area contributed by atoms with Gasteiger partial charge in [0.2, 0.25) is 5.91 Å². The van der Waals surface area contributed by atoms with Crippen LogP contribution in [0.25, 0.3) is 0 Å². The maximum absolute atomic E-state index is 12.3. The third-order valence-electron chi connectivity index (χ3n) is 3.87. The van der Waals surface area contributed by atoms with Gasteiger partial charge in [-0.05, 0) is 24.3 Å². The number of halogens is 1. The molecule has 0 radical (unpaired) electrons. The molecular weight excluding hydrogens is 300 g/mol. The van der Waals surface area contributed by atoms with Gasteiger partial charge in [0.05, 0.1) is 12.7 Å². The Hall–Kier alpha value is -1.10. The Morgan fingerprint density at radius 3 is 2.68 bits per heavy atom. The number of rotatable bonds is 5. The van der Waals surface area contributed by atoms with Gasteiger partial charge in [-0.25, -0.2) is 0 Å². The van der Waals surface area contributed by atoms with Crippen molar-refractivity contribution < 1.29 is 9.53 Å². The van der Waals surface area contributed by atoms with Gasteiger partial charge in [-0.2, -0.15) is 0 Å². The zero-order chi connectivity index (χ0) is 15.3. The molecule has 0 bridgehead atoms. The quantitative estimate of drug-likeness (QED) is 0.872. The first-order chi connectivity index (χ1) is 9.98. The molecule has 1 aliphatic rings. The summed E-state index contributed by atoms with van der Waals surface area (Å²) < 4.78 is 5.52. The fraction of sp³-hybridized carbons (Fsp3) is 0.588. The average molecular weight is 327 g/mol. The third kappa shape index (κ3) is 5.59. The Labute approximate surface area is 139 Å². The first-order valence-electron chi connectivity index (χ1n) is 7.64. The number of carbonyl (C=O) groups is 1. The Bertz CT molecular complexity index is 465. The lowest BCUT2D eigenvalue weighted by Crippen LogP contribution is -2.56. The highest BCUT2D eigenvalue weighted by Gasteiger charge is 2.29. The molecule has 2 atom stereocenters. The highest BCUT2D eigenvalue weighted by molar-refractivity contribution is 5.85. The van der Waals surface area contributed by atoms with Crippen LogP contribution < -0.4 is 10.6 Å². The first kappa shape index (κ1) is 18.9. The fourth-order valence-electron chi connectivity index (χ4n) is 2.67. The van der Waals surface area contributed by atoms with E-state index in [1.165, 1.54) is 5.56 Å². The van der Waals surface area contributed by atoms with Crippen LogP contribution in [0.4, 0.5) is 0 Å². The van der Waals surface area contributed by atoms with Crippen molar-refractivity contribution in [1.29, 1.82) is 0 Å². The van der Waals surface area contributed by atoms with Gasteiger partial charge in [0, 0.05) is 13.1 Å². The predicted molar refractivity (Wildman–Crippen MR) is 91.4 cm³/mol. The minimum Gasteiger partial charge on any atom is -0.375 e. The Kier molecular flexibility index (Phi) is 7.33. The molecule has 0 unspecified atom stereocenters. The van der Waals surface area contributed by atoms with Crippen molar-refractivity contribution in [3.05, 3.63) is 35.9 Å². The van der Waals surface area contributed by atoms with Crippen molar-refractivity contribution in [2.24, 2.45) is 5.41 Å². The molecule has 124 valence electrons. The van der Waals surface area contributed by atoms with E-state index in [1.807, 2.05) is 13.0 Å². The van der Waals surface area contributed by atoms with Gasteiger partial charge in [0.15, 0.2) is 0 Å². The molecule has 4 nitrogen and oxygen atoms in total. The predicted octanol–water partition coefficient (Wildman–Crippen LogP) is 2.17. The largest absolute Gasteiger partial charge is 0.375 e. The van der Waals surface area contributed by atoms with Crippen molar-refractivity contribution in [2.75, 3.05) is 19.7 Å². The number of hydrogen-bond donors (Lipinski definition) is 2. The van der Waals surface area contributed by atoms with E-state index < -0.39 is 0 Å². The summed E-state index contributed by atoms with van der Waals surface area (Å²) in [5.41, 5.74) is 1.32. The zero-order valence-electron chi connectivity index (χ0n) is 13.6. The van der Waals surface area contributed by atoms with Crippen LogP contribution in [0, 0.1) is 5.41 Å². The van der Waals surface area contributed by atoms with Crippen LogP contribution in [0.3, 0.4) is 0 Å². The van der Waals surface area contributed by atoms with Crippen LogP contribution >= 0.6 is 12.4 Å². The summed E-state index contributed by atoms with van der Waals surface area (Å²) in [6, 6.07) is 10.1. The molecule has 1 aliphatic heterocycles. The molecule has 1 aromatic carbocycles. The number of nitrogens with one attached hydrogen (secondary N) is 2. The van der Waals surface area contributed by atoms with Crippen molar-refractivity contribution >= 4 is 18.3 Å². The van der Waals surface area contributed by atoms with E-state index in [1.54, 1.807) is 0 Å². The summed E-state index contributed by atoms with van der Waals surface area (Å²) >= 11 is 0. The number of morpholine rings is 1. The maximum atomic E-state index is 12.3. The molecule has 22 heavy (non-hydrogen) atoms. The molecule has 1 saturated heterocycles. The molecule has 2 rings (SSSR count). The van der Waals surface area contributed by atoms with Gasteiger partial charge < -0.3 is 15.4 Å². The second kappa shape index (κ2) is 8.51.